The molecule has 0 fully saturated rings. The van der Waals surface area contributed by atoms with E-state index in [1.807, 2.05) is 0 Å². The van der Waals surface area contributed by atoms with Crippen molar-refractivity contribution in [3.05, 3.63) is 23.5 Å². The molecule has 0 aliphatic heterocycles. The Balaban J connectivity index is 3.05. The summed E-state index contributed by atoms with van der Waals surface area (Å²) in [6.45, 7) is -1.38. The van der Waals surface area contributed by atoms with Gasteiger partial charge < -0.3 is 10.8 Å². The highest BCUT2D eigenvalue weighted by Crippen LogP contribution is 2.22. The maximum absolute atomic E-state index is 13.5. The van der Waals surface area contributed by atoms with Crippen LogP contribution in [0.1, 0.15) is 5.56 Å². The predicted molar refractivity (Wildman–Crippen MR) is 62.8 cm³/mol. The number of sulfonamides is 1. The molecular formula is C10H13F3N2O3S. The number of nitrogens with two attached hydrogens (primary N) is 1. The van der Waals surface area contributed by atoms with Crippen molar-refractivity contribution in [2.24, 2.45) is 0 Å². The predicted octanol–water partition coefficient (Wildman–Crippen LogP) is 0.622. The van der Waals surface area contributed by atoms with Crippen LogP contribution in [0.4, 0.5) is 18.9 Å². The van der Waals surface area contributed by atoms with Crippen molar-refractivity contribution in [2.75, 3.05) is 18.9 Å². The van der Waals surface area contributed by atoms with E-state index in [-0.39, 0.29) is 5.69 Å². The summed E-state index contributed by atoms with van der Waals surface area (Å²) in [7, 11) is -4.47. The standard InChI is InChI=1S/C10H13F3N2O3S/c1-6-2-7(11)9(3-8(6)14)19(17,18)15-4-10(12,13)5-16/h2-3,15-16H,4-5,14H2,1H3. The number of rotatable bonds is 5. The zero-order chi connectivity index (χ0) is 14.8. The number of anilines is 1. The van der Waals surface area contributed by atoms with Gasteiger partial charge in [-0.05, 0) is 24.6 Å². The summed E-state index contributed by atoms with van der Waals surface area (Å²) in [5.74, 6) is -4.72. The molecule has 0 aliphatic rings. The Labute approximate surface area is 108 Å². The second-order valence-electron chi connectivity index (χ2n) is 3.98. The molecule has 0 aromatic heterocycles. The zero-order valence-electron chi connectivity index (χ0n) is 9.95. The third kappa shape index (κ3) is 3.82. The number of halogens is 3. The van der Waals surface area contributed by atoms with Gasteiger partial charge in [-0.1, -0.05) is 0 Å². The lowest BCUT2D eigenvalue weighted by molar-refractivity contribution is -0.0437. The number of alkyl halides is 2. The van der Waals surface area contributed by atoms with Crippen LogP contribution in [0, 0.1) is 12.7 Å². The quantitative estimate of drug-likeness (QED) is 0.695. The highest BCUT2D eigenvalue weighted by Gasteiger charge is 2.31. The fraction of sp³-hybridized carbons (Fsp3) is 0.400. The van der Waals surface area contributed by atoms with Gasteiger partial charge in [0, 0.05) is 5.69 Å². The number of aliphatic hydroxyl groups excluding tert-OH is 1. The van der Waals surface area contributed by atoms with E-state index >= 15 is 0 Å². The van der Waals surface area contributed by atoms with E-state index in [1.54, 1.807) is 0 Å². The van der Waals surface area contributed by atoms with E-state index < -0.39 is 39.8 Å². The van der Waals surface area contributed by atoms with Gasteiger partial charge in [0.1, 0.15) is 17.3 Å². The lowest BCUT2D eigenvalue weighted by atomic mass is 10.2. The lowest BCUT2D eigenvalue weighted by Gasteiger charge is -2.15. The van der Waals surface area contributed by atoms with E-state index in [1.165, 1.54) is 11.6 Å². The molecule has 0 spiro atoms. The summed E-state index contributed by atoms with van der Waals surface area (Å²) >= 11 is 0. The van der Waals surface area contributed by atoms with E-state index in [9.17, 15) is 21.6 Å². The number of hydrogen-bond acceptors (Lipinski definition) is 4. The van der Waals surface area contributed by atoms with Gasteiger partial charge in [-0.25, -0.2) is 26.3 Å². The molecule has 4 N–H and O–H groups in total. The van der Waals surface area contributed by atoms with Gasteiger partial charge in [-0.3, -0.25) is 0 Å². The van der Waals surface area contributed by atoms with Crippen LogP contribution < -0.4 is 10.5 Å². The Morgan fingerprint density at radius 2 is 2.00 bits per heavy atom. The first kappa shape index (κ1) is 15.7. The zero-order valence-corrected chi connectivity index (χ0v) is 10.8. The third-order valence-corrected chi connectivity index (χ3v) is 3.78. The minimum Gasteiger partial charge on any atom is -0.398 e. The molecule has 0 atom stereocenters. The van der Waals surface area contributed by atoms with E-state index in [0.29, 0.717) is 5.56 Å². The van der Waals surface area contributed by atoms with Gasteiger partial charge in [0.2, 0.25) is 10.0 Å². The second kappa shape index (κ2) is 5.35. The summed E-state index contributed by atoms with van der Waals surface area (Å²) in [5.41, 5.74) is 5.80. The molecule has 0 bridgehead atoms. The van der Waals surface area contributed by atoms with Crippen molar-refractivity contribution in [1.82, 2.24) is 4.72 Å². The normalized spacial score (nSPS) is 12.7. The fourth-order valence-electron chi connectivity index (χ4n) is 1.21. The van der Waals surface area contributed by atoms with Crippen molar-refractivity contribution < 1.29 is 26.7 Å². The number of aryl methyl sites for hydroxylation is 1. The summed E-state index contributed by atoms with van der Waals surface area (Å²) in [4.78, 5) is -0.815. The van der Waals surface area contributed by atoms with Crippen LogP contribution in [-0.2, 0) is 10.0 Å². The van der Waals surface area contributed by atoms with Gasteiger partial charge in [-0.15, -0.1) is 0 Å². The monoisotopic (exact) mass is 298 g/mol. The van der Waals surface area contributed by atoms with Gasteiger partial charge in [0.25, 0.3) is 5.92 Å². The SMILES string of the molecule is Cc1cc(F)c(S(=O)(=O)NCC(F)(F)CO)cc1N. The molecule has 0 radical (unpaired) electrons. The fourth-order valence-corrected chi connectivity index (χ4v) is 2.36. The Bertz CT molecular complexity index is 576. The van der Waals surface area contributed by atoms with Crippen LogP contribution in [-0.4, -0.2) is 32.6 Å². The third-order valence-electron chi connectivity index (χ3n) is 2.36. The van der Waals surface area contributed by atoms with Crippen molar-refractivity contribution in [3.8, 4) is 0 Å². The van der Waals surface area contributed by atoms with Gasteiger partial charge >= 0.3 is 0 Å². The number of hydrogen-bond donors (Lipinski definition) is 3. The Kier molecular flexibility index (Phi) is 4.43. The molecule has 9 heteroatoms. The van der Waals surface area contributed by atoms with Gasteiger partial charge in [-0.2, -0.15) is 0 Å². The number of nitrogen functional groups attached to an aromatic ring is 1. The van der Waals surface area contributed by atoms with Crippen LogP contribution in [0.5, 0.6) is 0 Å². The molecule has 0 heterocycles. The molecule has 1 aromatic carbocycles. The summed E-state index contributed by atoms with van der Waals surface area (Å²) in [5, 5.41) is 8.32. The first-order valence-corrected chi connectivity index (χ1v) is 6.61. The van der Waals surface area contributed by atoms with Crippen LogP contribution >= 0.6 is 0 Å². The lowest BCUT2D eigenvalue weighted by Crippen LogP contribution is -2.39. The topological polar surface area (TPSA) is 92.4 Å². The average Bonchev–Trinajstić information content (AvgIpc) is 2.31. The maximum Gasteiger partial charge on any atom is 0.283 e. The average molecular weight is 298 g/mol. The Morgan fingerprint density at radius 3 is 2.53 bits per heavy atom. The molecule has 0 aliphatic carbocycles. The Morgan fingerprint density at radius 1 is 1.42 bits per heavy atom. The minimum atomic E-state index is -4.47. The van der Waals surface area contributed by atoms with Crippen molar-refractivity contribution in [1.29, 1.82) is 0 Å². The van der Waals surface area contributed by atoms with Crippen LogP contribution in [0.25, 0.3) is 0 Å². The molecule has 108 valence electrons. The van der Waals surface area contributed by atoms with Crippen LogP contribution in [0.3, 0.4) is 0 Å². The molecule has 0 unspecified atom stereocenters. The number of aliphatic hydroxyl groups is 1. The summed E-state index contributed by atoms with van der Waals surface area (Å²) < 4.78 is 63.8. The van der Waals surface area contributed by atoms with Crippen LogP contribution in [0.15, 0.2) is 17.0 Å². The highest BCUT2D eigenvalue weighted by molar-refractivity contribution is 7.89. The second-order valence-corrected chi connectivity index (χ2v) is 5.71. The molecule has 0 saturated heterocycles. The van der Waals surface area contributed by atoms with Gasteiger partial charge in [0.05, 0.1) is 6.54 Å². The minimum absolute atomic E-state index is 0.0238. The molecule has 1 rings (SSSR count). The van der Waals surface area contributed by atoms with Crippen LogP contribution in [0.2, 0.25) is 0 Å². The molecule has 19 heavy (non-hydrogen) atoms. The largest absolute Gasteiger partial charge is 0.398 e. The molecule has 5 nitrogen and oxygen atoms in total. The highest BCUT2D eigenvalue weighted by atomic mass is 32.2. The molecule has 1 aromatic rings. The van der Waals surface area contributed by atoms with Gasteiger partial charge in [0.15, 0.2) is 0 Å². The van der Waals surface area contributed by atoms with Crippen molar-refractivity contribution in [2.45, 2.75) is 17.7 Å². The van der Waals surface area contributed by atoms with Crippen molar-refractivity contribution >= 4 is 15.7 Å². The smallest absolute Gasteiger partial charge is 0.283 e. The maximum atomic E-state index is 13.5. The molecule has 0 amide bonds. The summed E-state index contributed by atoms with van der Waals surface area (Å²) in [6, 6.07) is 1.75. The molecular weight excluding hydrogens is 285 g/mol. The summed E-state index contributed by atoms with van der Waals surface area (Å²) in [6.07, 6.45) is 0. The first-order chi connectivity index (χ1) is 8.59. The van der Waals surface area contributed by atoms with E-state index in [2.05, 4.69) is 0 Å². The number of benzene rings is 1. The van der Waals surface area contributed by atoms with E-state index in [0.717, 1.165) is 12.1 Å². The molecule has 0 saturated carbocycles. The van der Waals surface area contributed by atoms with Crippen molar-refractivity contribution in [3.63, 3.8) is 0 Å². The first-order valence-electron chi connectivity index (χ1n) is 5.13. The Hall–Kier alpha value is -1.32. The van der Waals surface area contributed by atoms with E-state index in [4.69, 9.17) is 10.8 Å². The number of nitrogens with one attached hydrogen (secondary N) is 1.